The van der Waals surface area contributed by atoms with Gasteiger partial charge >= 0.3 is 0 Å². The highest BCUT2D eigenvalue weighted by Crippen LogP contribution is 2.15. The molecule has 0 saturated heterocycles. The third kappa shape index (κ3) is 3.34. The molecule has 1 aromatic rings. The summed E-state index contributed by atoms with van der Waals surface area (Å²) < 4.78 is 17.8. The fraction of sp³-hybridized carbons (Fsp3) is 0.364. The van der Waals surface area contributed by atoms with E-state index in [-0.39, 0.29) is 12.4 Å². The topological polar surface area (TPSA) is 29.5 Å². The second-order valence-electron chi connectivity index (χ2n) is 3.49. The molecule has 0 aromatic heterocycles. The lowest BCUT2D eigenvalue weighted by Gasteiger charge is -2.21. The summed E-state index contributed by atoms with van der Waals surface area (Å²) in [6.07, 6.45) is 0.369. The second kappa shape index (κ2) is 4.42. The standard InChI is InChI=1S/C11H14FO2/c1-3-11(2,13)8-14-10-6-4-9(12)5-7-10/h4-7,13H,1,3,8H2,2H3. The number of aliphatic hydroxyl groups is 1. The molecule has 1 radical (unpaired) electrons. The van der Waals surface area contributed by atoms with Gasteiger partial charge in [-0.3, -0.25) is 0 Å². The minimum absolute atomic E-state index is 0.155. The highest BCUT2D eigenvalue weighted by Gasteiger charge is 2.18. The maximum Gasteiger partial charge on any atom is 0.123 e. The van der Waals surface area contributed by atoms with Crippen molar-refractivity contribution in [1.82, 2.24) is 0 Å². The molecule has 1 unspecified atom stereocenters. The van der Waals surface area contributed by atoms with E-state index in [2.05, 4.69) is 6.92 Å². The van der Waals surface area contributed by atoms with Gasteiger partial charge < -0.3 is 9.84 Å². The van der Waals surface area contributed by atoms with Gasteiger partial charge in [-0.05, 0) is 37.6 Å². The molecule has 0 saturated carbocycles. The van der Waals surface area contributed by atoms with Crippen LogP contribution in [0.25, 0.3) is 0 Å². The Hall–Kier alpha value is -1.09. The largest absolute Gasteiger partial charge is 0.491 e. The lowest BCUT2D eigenvalue weighted by Crippen LogP contribution is -2.31. The molecule has 0 spiro atoms. The maximum absolute atomic E-state index is 12.5. The molecule has 1 aromatic carbocycles. The first-order chi connectivity index (χ1) is 6.53. The highest BCUT2D eigenvalue weighted by atomic mass is 19.1. The van der Waals surface area contributed by atoms with Crippen LogP contribution in [0.1, 0.15) is 13.3 Å². The van der Waals surface area contributed by atoms with Crippen molar-refractivity contribution < 1.29 is 14.2 Å². The molecular weight excluding hydrogens is 183 g/mol. The van der Waals surface area contributed by atoms with Gasteiger partial charge in [0.2, 0.25) is 0 Å². The van der Waals surface area contributed by atoms with Gasteiger partial charge in [-0.15, -0.1) is 0 Å². The van der Waals surface area contributed by atoms with Crippen LogP contribution in [0.2, 0.25) is 0 Å². The highest BCUT2D eigenvalue weighted by molar-refractivity contribution is 5.22. The fourth-order valence-corrected chi connectivity index (χ4v) is 0.842. The third-order valence-electron chi connectivity index (χ3n) is 1.90. The average molecular weight is 197 g/mol. The van der Waals surface area contributed by atoms with Crippen LogP contribution in [0.15, 0.2) is 24.3 Å². The molecule has 0 fully saturated rings. The van der Waals surface area contributed by atoms with Crippen LogP contribution in [0, 0.1) is 12.7 Å². The summed E-state index contributed by atoms with van der Waals surface area (Å²) in [5.41, 5.74) is -0.936. The van der Waals surface area contributed by atoms with Gasteiger partial charge in [0.15, 0.2) is 0 Å². The predicted octanol–water partition coefficient (Wildman–Crippen LogP) is 2.18. The average Bonchev–Trinajstić information content (AvgIpc) is 2.17. The lowest BCUT2D eigenvalue weighted by molar-refractivity contribution is 0.0137. The van der Waals surface area contributed by atoms with E-state index in [0.29, 0.717) is 12.2 Å². The van der Waals surface area contributed by atoms with Crippen LogP contribution >= 0.6 is 0 Å². The Kier molecular flexibility index (Phi) is 3.47. The smallest absolute Gasteiger partial charge is 0.123 e. The Morgan fingerprint density at radius 1 is 1.43 bits per heavy atom. The van der Waals surface area contributed by atoms with Crippen molar-refractivity contribution in [2.24, 2.45) is 0 Å². The molecule has 3 heteroatoms. The first-order valence-corrected chi connectivity index (χ1v) is 4.43. The predicted molar refractivity (Wildman–Crippen MR) is 52.5 cm³/mol. The molecule has 0 aliphatic heterocycles. The Morgan fingerprint density at radius 2 is 2.00 bits per heavy atom. The van der Waals surface area contributed by atoms with Crippen molar-refractivity contribution >= 4 is 0 Å². The van der Waals surface area contributed by atoms with E-state index in [0.717, 1.165) is 0 Å². The maximum atomic E-state index is 12.5. The molecule has 1 atom stereocenters. The molecule has 0 amide bonds. The summed E-state index contributed by atoms with van der Waals surface area (Å²) in [7, 11) is 0. The number of rotatable bonds is 4. The zero-order valence-electron chi connectivity index (χ0n) is 8.16. The number of halogens is 1. The minimum atomic E-state index is -0.936. The minimum Gasteiger partial charge on any atom is -0.491 e. The summed E-state index contributed by atoms with van der Waals surface area (Å²) in [6.45, 7) is 5.39. The Morgan fingerprint density at radius 3 is 2.50 bits per heavy atom. The van der Waals surface area contributed by atoms with Gasteiger partial charge in [0.05, 0.1) is 5.60 Å². The van der Waals surface area contributed by atoms with Gasteiger partial charge in [-0.25, -0.2) is 4.39 Å². The van der Waals surface area contributed by atoms with Gasteiger partial charge in [0.25, 0.3) is 0 Å². The number of benzene rings is 1. The van der Waals surface area contributed by atoms with E-state index in [4.69, 9.17) is 4.74 Å². The molecule has 14 heavy (non-hydrogen) atoms. The molecule has 1 N–H and O–H groups in total. The molecule has 2 nitrogen and oxygen atoms in total. The molecule has 0 heterocycles. The normalized spacial score (nSPS) is 14.9. The van der Waals surface area contributed by atoms with E-state index >= 15 is 0 Å². The van der Waals surface area contributed by atoms with E-state index in [9.17, 15) is 9.50 Å². The van der Waals surface area contributed by atoms with E-state index in [1.165, 1.54) is 24.3 Å². The van der Waals surface area contributed by atoms with Crippen LogP contribution in [0.4, 0.5) is 4.39 Å². The van der Waals surface area contributed by atoms with Crippen molar-refractivity contribution in [3.05, 3.63) is 37.0 Å². The number of hydrogen-bond donors (Lipinski definition) is 1. The van der Waals surface area contributed by atoms with Crippen molar-refractivity contribution in [1.29, 1.82) is 0 Å². The number of ether oxygens (including phenoxy) is 1. The summed E-state index contributed by atoms with van der Waals surface area (Å²) in [5.74, 6) is 0.237. The SMILES string of the molecule is [CH2]CC(C)(O)COc1ccc(F)cc1. The molecule has 77 valence electrons. The van der Waals surface area contributed by atoms with E-state index < -0.39 is 5.60 Å². The Bertz CT molecular complexity index is 280. The molecule has 0 bridgehead atoms. The van der Waals surface area contributed by atoms with E-state index in [1.54, 1.807) is 6.92 Å². The van der Waals surface area contributed by atoms with Crippen molar-refractivity contribution in [2.75, 3.05) is 6.61 Å². The Balaban J connectivity index is 2.50. The van der Waals surface area contributed by atoms with Gasteiger partial charge in [-0.1, -0.05) is 6.92 Å². The van der Waals surface area contributed by atoms with Crippen LogP contribution in [-0.2, 0) is 0 Å². The van der Waals surface area contributed by atoms with Crippen molar-refractivity contribution in [3.63, 3.8) is 0 Å². The van der Waals surface area contributed by atoms with Gasteiger partial charge in [0, 0.05) is 0 Å². The fourth-order valence-electron chi connectivity index (χ4n) is 0.842. The summed E-state index contributed by atoms with van der Waals surface area (Å²) in [6, 6.07) is 5.67. The summed E-state index contributed by atoms with van der Waals surface area (Å²) in [4.78, 5) is 0. The first kappa shape index (κ1) is 11.0. The van der Waals surface area contributed by atoms with Crippen LogP contribution < -0.4 is 4.74 Å². The lowest BCUT2D eigenvalue weighted by atomic mass is 10.1. The van der Waals surface area contributed by atoms with Crippen LogP contribution in [-0.4, -0.2) is 17.3 Å². The third-order valence-corrected chi connectivity index (χ3v) is 1.90. The monoisotopic (exact) mass is 197 g/mol. The zero-order valence-corrected chi connectivity index (χ0v) is 8.16. The molecule has 1 rings (SSSR count). The van der Waals surface area contributed by atoms with E-state index in [1.807, 2.05) is 0 Å². The quantitative estimate of drug-likeness (QED) is 0.801. The van der Waals surface area contributed by atoms with Crippen molar-refractivity contribution in [3.8, 4) is 5.75 Å². The van der Waals surface area contributed by atoms with Crippen molar-refractivity contribution in [2.45, 2.75) is 18.9 Å². The molecule has 0 aliphatic rings. The number of hydrogen-bond acceptors (Lipinski definition) is 2. The second-order valence-corrected chi connectivity index (χ2v) is 3.49. The van der Waals surface area contributed by atoms with Crippen LogP contribution in [0.3, 0.4) is 0 Å². The van der Waals surface area contributed by atoms with Gasteiger partial charge in [-0.2, -0.15) is 0 Å². The summed E-state index contributed by atoms with van der Waals surface area (Å²) in [5, 5.41) is 9.58. The van der Waals surface area contributed by atoms with Gasteiger partial charge in [0.1, 0.15) is 18.2 Å². The molecular formula is C11H14FO2. The Labute approximate surface area is 83.3 Å². The van der Waals surface area contributed by atoms with Crippen LogP contribution in [0.5, 0.6) is 5.75 Å². The summed E-state index contributed by atoms with van der Waals surface area (Å²) >= 11 is 0. The molecule has 0 aliphatic carbocycles. The first-order valence-electron chi connectivity index (χ1n) is 4.43. The zero-order chi connectivity index (χ0) is 10.6.